The minimum atomic E-state index is 0.00890. The molecule has 0 aromatic carbocycles. The van der Waals surface area contributed by atoms with Gasteiger partial charge in [-0.05, 0) is 43.7 Å². The molecule has 2 N–H and O–H groups in total. The molecule has 0 atom stereocenters. The van der Waals surface area contributed by atoms with Crippen LogP contribution < -0.4 is 10.6 Å². The van der Waals surface area contributed by atoms with Gasteiger partial charge in [0.2, 0.25) is 0 Å². The molecule has 0 bridgehead atoms. The van der Waals surface area contributed by atoms with Gasteiger partial charge in [-0.25, -0.2) is 4.98 Å². The Morgan fingerprint density at radius 3 is 2.52 bits per heavy atom. The van der Waals surface area contributed by atoms with Crippen molar-refractivity contribution in [2.45, 2.75) is 46.0 Å². The number of anilines is 1. The number of rotatable bonds is 5. The molecule has 0 radical (unpaired) electrons. The Labute approximate surface area is 127 Å². The summed E-state index contributed by atoms with van der Waals surface area (Å²) in [6, 6.07) is 3.64. The van der Waals surface area contributed by atoms with E-state index in [1.807, 2.05) is 20.0 Å². The van der Waals surface area contributed by atoms with Crippen molar-refractivity contribution in [3.8, 4) is 0 Å². The third-order valence-electron chi connectivity index (χ3n) is 4.57. The number of aromatic nitrogens is 1. The molecule has 1 amide bonds. The van der Waals surface area contributed by atoms with Crippen LogP contribution in [-0.4, -0.2) is 24.5 Å². The van der Waals surface area contributed by atoms with Gasteiger partial charge in [-0.2, -0.15) is 0 Å². The summed E-state index contributed by atoms with van der Waals surface area (Å²) in [4.78, 5) is 16.6. The van der Waals surface area contributed by atoms with Gasteiger partial charge in [0.05, 0.1) is 0 Å². The van der Waals surface area contributed by atoms with E-state index in [4.69, 9.17) is 0 Å². The molecule has 116 valence electrons. The van der Waals surface area contributed by atoms with Gasteiger partial charge >= 0.3 is 0 Å². The lowest BCUT2D eigenvalue weighted by Crippen LogP contribution is -2.31. The molecular weight excluding hydrogens is 262 g/mol. The van der Waals surface area contributed by atoms with E-state index < -0.39 is 0 Å². The zero-order valence-electron chi connectivity index (χ0n) is 13.4. The van der Waals surface area contributed by atoms with E-state index in [-0.39, 0.29) is 5.91 Å². The van der Waals surface area contributed by atoms with E-state index >= 15 is 0 Å². The summed E-state index contributed by atoms with van der Waals surface area (Å²) in [5.74, 6) is 2.29. The average Bonchev–Trinajstić information content (AvgIpc) is 2.52. The highest BCUT2D eigenvalue weighted by Gasteiger charge is 2.20. The van der Waals surface area contributed by atoms with Crippen LogP contribution in [0.15, 0.2) is 12.1 Å². The first-order valence-electron chi connectivity index (χ1n) is 8.07. The van der Waals surface area contributed by atoms with E-state index in [2.05, 4.69) is 22.5 Å². The van der Waals surface area contributed by atoms with E-state index in [0.29, 0.717) is 11.5 Å². The van der Waals surface area contributed by atoms with Gasteiger partial charge < -0.3 is 10.6 Å². The second-order valence-corrected chi connectivity index (χ2v) is 6.14. The lowest BCUT2D eigenvalue weighted by molar-refractivity contribution is 0.0941. The molecule has 1 fully saturated rings. The molecule has 4 nitrogen and oxygen atoms in total. The summed E-state index contributed by atoms with van der Waals surface area (Å²) < 4.78 is 0. The minimum Gasteiger partial charge on any atom is -0.373 e. The van der Waals surface area contributed by atoms with E-state index in [9.17, 15) is 4.79 Å². The predicted molar refractivity (Wildman–Crippen MR) is 86.6 cm³/mol. The standard InChI is InChI=1S/C17H27N3O/c1-4-13-5-7-14(8-6-13)11-19-17(21)15-9-12(2)20-16(10-15)18-3/h9-10,13-14H,4-8,11H2,1-3H3,(H,18,20)(H,19,21). The van der Waals surface area contributed by atoms with E-state index in [1.165, 1.54) is 32.1 Å². The van der Waals surface area contributed by atoms with Crippen molar-refractivity contribution in [2.24, 2.45) is 11.8 Å². The molecule has 1 heterocycles. The number of carbonyl (C=O) groups is 1. The van der Waals surface area contributed by atoms with Crippen LogP contribution in [0.1, 0.15) is 55.1 Å². The number of nitrogens with one attached hydrogen (secondary N) is 2. The first-order chi connectivity index (χ1) is 10.1. The summed E-state index contributed by atoms with van der Waals surface area (Å²) in [5, 5.41) is 6.07. The molecular formula is C17H27N3O. The predicted octanol–water partition coefficient (Wildman–Crippen LogP) is 3.38. The highest BCUT2D eigenvalue weighted by atomic mass is 16.1. The Morgan fingerprint density at radius 1 is 1.24 bits per heavy atom. The maximum Gasteiger partial charge on any atom is 0.251 e. The van der Waals surface area contributed by atoms with Crippen LogP contribution >= 0.6 is 0 Å². The molecule has 0 unspecified atom stereocenters. The van der Waals surface area contributed by atoms with Crippen LogP contribution in [0.2, 0.25) is 0 Å². The number of nitrogens with zero attached hydrogens (tertiary/aromatic N) is 1. The Kier molecular flexibility index (Phi) is 5.59. The van der Waals surface area contributed by atoms with Crippen molar-refractivity contribution >= 4 is 11.7 Å². The smallest absolute Gasteiger partial charge is 0.251 e. The van der Waals surface area contributed by atoms with Crippen molar-refractivity contribution < 1.29 is 4.79 Å². The lowest BCUT2D eigenvalue weighted by atomic mass is 9.81. The fraction of sp³-hybridized carbons (Fsp3) is 0.647. The summed E-state index contributed by atoms with van der Waals surface area (Å²) in [7, 11) is 1.82. The van der Waals surface area contributed by atoms with Crippen LogP contribution in [0.3, 0.4) is 0 Å². The summed E-state index contributed by atoms with van der Waals surface area (Å²) in [5.41, 5.74) is 1.55. The van der Waals surface area contributed by atoms with Gasteiger partial charge in [-0.1, -0.05) is 26.2 Å². The molecule has 0 spiro atoms. The molecule has 2 rings (SSSR count). The quantitative estimate of drug-likeness (QED) is 0.873. The fourth-order valence-electron chi connectivity index (χ4n) is 3.11. The number of amides is 1. The van der Waals surface area contributed by atoms with Crippen LogP contribution in [0.25, 0.3) is 0 Å². The maximum absolute atomic E-state index is 12.3. The van der Waals surface area contributed by atoms with Crippen molar-refractivity contribution in [3.05, 3.63) is 23.4 Å². The Hall–Kier alpha value is -1.58. The summed E-state index contributed by atoms with van der Waals surface area (Å²) >= 11 is 0. The largest absolute Gasteiger partial charge is 0.373 e. The zero-order chi connectivity index (χ0) is 15.2. The second kappa shape index (κ2) is 7.43. The number of aryl methyl sites for hydroxylation is 1. The Bertz CT molecular complexity index is 479. The van der Waals surface area contributed by atoms with Gasteiger partial charge in [-0.15, -0.1) is 0 Å². The molecule has 0 saturated heterocycles. The molecule has 0 aliphatic heterocycles. The number of hydrogen-bond donors (Lipinski definition) is 2. The summed E-state index contributed by atoms with van der Waals surface area (Å²) in [6.07, 6.45) is 6.42. The Balaban J connectivity index is 1.86. The molecule has 1 aromatic heterocycles. The first kappa shape index (κ1) is 15.8. The number of pyridine rings is 1. The lowest BCUT2D eigenvalue weighted by Gasteiger charge is -2.27. The SMILES string of the molecule is CCC1CCC(CNC(=O)c2cc(C)nc(NC)c2)CC1. The third-order valence-corrected chi connectivity index (χ3v) is 4.57. The van der Waals surface area contributed by atoms with E-state index in [1.54, 1.807) is 6.07 Å². The molecule has 1 aliphatic rings. The van der Waals surface area contributed by atoms with Gasteiger partial charge in [0.25, 0.3) is 5.91 Å². The molecule has 21 heavy (non-hydrogen) atoms. The molecule has 1 aromatic rings. The summed E-state index contributed by atoms with van der Waals surface area (Å²) in [6.45, 7) is 4.98. The van der Waals surface area contributed by atoms with Gasteiger partial charge in [0.1, 0.15) is 5.82 Å². The maximum atomic E-state index is 12.3. The van der Waals surface area contributed by atoms with Crippen molar-refractivity contribution in [1.82, 2.24) is 10.3 Å². The highest BCUT2D eigenvalue weighted by molar-refractivity contribution is 5.95. The third kappa shape index (κ3) is 4.45. The van der Waals surface area contributed by atoms with E-state index in [0.717, 1.165) is 24.0 Å². The average molecular weight is 289 g/mol. The molecule has 1 saturated carbocycles. The highest BCUT2D eigenvalue weighted by Crippen LogP contribution is 2.30. The van der Waals surface area contributed by atoms with Crippen LogP contribution in [-0.2, 0) is 0 Å². The van der Waals surface area contributed by atoms with Crippen molar-refractivity contribution in [2.75, 3.05) is 18.9 Å². The Morgan fingerprint density at radius 2 is 1.90 bits per heavy atom. The number of carbonyl (C=O) groups excluding carboxylic acids is 1. The number of hydrogen-bond acceptors (Lipinski definition) is 3. The normalized spacial score (nSPS) is 21.9. The van der Waals surface area contributed by atoms with Crippen LogP contribution in [0.5, 0.6) is 0 Å². The molecule has 4 heteroatoms. The van der Waals surface area contributed by atoms with Crippen LogP contribution in [0.4, 0.5) is 5.82 Å². The van der Waals surface area contributed by atoms with Gasteiger partial charge in [-0.3, -0.25) is 4.79 Å². The topological polar surface area (TPSA) is 54.0 Å². The fourth-order valence-corrected chi connectivity index (χ4v) is 3.11. The van der Waals surface area contributed by atoms with Crippen molar-refractivity contribution in [3.63, 3.8) is 0 Å². The second-order valence-electron chi connectivity index (χ2n) is 6.14. The van der Waals surface area contributed by atoms with Gasteiger partial charge in [0.15, 0.2) is 0 Å². The molecule has 1 aliphatic carbocycles. The van der Waals surface area contributed by atoms with Crippen molar-refractivity contribution in [1.29, 1.82) is 0 Å². The van der Waals surface area contributed by atoms with Crippen LogP contribution in [0, 0.1) is 18.8 Å². The zero-order valence-corrected chi connectivity index (χ0v) is 13.4. The minimum absolute atomic E-state index is 0.00890. The monoisotopic (exact) mass is 289 g/mol. The van der Waals surface area contributed by atoms with Gasteiger partial charge in [0, 0.05) is 24.8 Å². The first-order valence-corrected chi connectivity index (χ1v) is 8.07.